The summed E-state index contributed by atoms with van der Waals surface area (Å²) in [7, 11) is 0. The first-order valence-corrected chi connectivity index (χ1v) is 9.57. The minimum atomic E-state index is 0.365. The zero-order valence-corrected chi connectivity index (χ0v) is 16.3. The van der Waals surface area contributed by atoms with E-state index >= 15 is 0 Å². The van der Waals surface area contributed by atoms with Crippen molar-refractivity contribution in [1.82, 2.24) is 9.97 Å². The van der Waals surface area contributed by atoms with Crippen molar-refractivity contribution in [1.29, 1.82) is 0 Å². The van der Waals surface area contributed by atoms with Gasteiger partial charge in [0.25, 0.3) is 0 Å². The molecule has 0 radical (unpaired) electrons. The van der Waals surface area contributed by atoms with E-state index in [9.17, 15) is 4.79 Å². The zero-order chi connectivity index (χ0) is 20.6. The van der Waals surface area contributed by atoms with E-state index in [0.717, 1.165) is 28.5 Å². The molecule has 0 unspecified atom stereocenters. The molecule has 0 saturated heterocycles. The largest absolute Gasteiger partial charge is 0.473 e. The fourth-order valence-corrected chi connectivity index (χ4v) is 2.96. The molecule has 4 aromatic rings. The van der Waals surface area contributed by atoms with Gasteiger partial charge in [0.05, 0.1) is 0 Å². The molecule has 5 heteroatoms. The summed E-state index contributed by atoms with van der Waals surface area (Å²) in [6, 6.07) is 25.2. The minimum Gasteiger partial charge on any atom is -0.473 e. The first-order chi connectivity index (χ1) is 14.8. The highest BCUT2D eigenvalue weighted by Gasteiger charge is 2.12. The van der Waals surface area contributed by atoms with Crippen molar-refractivity contribution in [2.45, 2.75) is 13.2 Å². The van der Waals surface area contributed by atoms with Crippen molar-refractivity contribution in [3.05, 3.63) is 108 Å². The maximum absolute atomic E-state index is 11.2. The lowest BCUT2D eigenvalue weighted by molar-refractivity contribution is 0.112. The average molecular weight is 396 g/mol. The fourth-order valence-electron chi connectivity index (χ4n) is 2.96. The number of benzene rings is 2. The molecule has 0 N–H and O–H groups in total. The number of hydrogen-bond acceptors (Lipinski definition) is 5. The Bertz CT molecular complexity index is 1120. The van der Waals surface area contributed by atoms with E-state index in [2.05, 4.69) is 9.97 Å². The van der Waals surface area contributed by atoms with Crippen LogP contribution in [-0.4, -0.2) is 16.3 Å². The Kier molecular flexibility index (Phi) is 6.11. The van der Waals surface area contributed by atoms with E-state index in [1.165, 1.54) is 6.20 Å². The normalized spacial score (nSPS) is 10.4. The minimum absolute atomic E-state index is 0.365. The summed E-state index contributed by atoms with van der Waals surface area (Å²) in [5.74, 6) is 0.888. The molecule has 4 rings (SSSR count). The van der Waals surface area contributed by atoms with E-state index in [0.29, 0.717) is 30.5 Å². The number of hydrogen-bond donors (Lipinski definition) is 0. The molecule has 0 fully saturated rings. The molecule has 0 spiro atoms. The molecule has 0 aliphatic rings. The van der Waals surface area contributed by atoms with Crippen LogP contribution in [0.3, 0.4) is 0 Å². The number of aldehydes is 1. The molecule has 0 bridgehead atoms. The van der Waals surface area contributed by atoms with Gasteiger partial charge in [0, 0.05) is 35.2 Å². The van der Waals surface area contributed by atoms with E-state index in [-0.39, 0.29) is 0 Å². The summed E-state index contributed by atoms with van der Waals surface area (Å²) in [5, 5.41) is 0. The number of pyridine rings is 2. The van der Waals surface area contributed by atoms with Crippen LogP contribution in [0.25, 0.3) is 11.1 Å². The number of rotatable bonds is 8. The van der Waals surface area contributed by atoms with Crippen LogP contribution in [0.15, 0.2) is 91.3 Å². The Hall–Kier alpha value is -3.99. The third-order valence-corrected chi connectivity index (χ3v) is 4.49. The Morgan fingerprint density at radius 1 is 0.767 bits per heavy atom. The second kappa shape index (κ2) is 9.47. The van der Waals surface area contributed by atoms with Crippen LogP contribution in [0.5, 0.6) is 11.8 Å². The van der Waals surface area contributed by atoms with Crippen LogP contribution >= 0.6 is 0 Å². The van der Waals surface area contributed by atoms with Crippen molar-refractivity contribution >= 4 is 6.29 Å². The van der Waals surface area contributed by atoms with Gasteiger partial charge in [-0.25, -0.2) is 0 Å². The van der Waals surface area contributed by atoms with Crippen LogP contribution in [0.1, 0.15) is 21.5 Å². The molecular weight excluding hydrogens is 376 g/mol. The maximum atomic E-state index is 11.2. The van der Waals surface area contributed by atoms with Gasteiger partial charge in [-0.1, -0.05) is 60.7 Å². The molecule has 2 heterocycles. The highest BCUT2D eigenvalue weighted by Crippen LogP contribution is 2.31. The summed E-state index contributed by atoms with van der Waals surface area (Å²) in [4.78, 5) is 19.9. The van der Waals surface area contributed by atoms with Crippen LogP contribution in [0.2, 0.25) is 0 Å². The van der Waals surface area contributed by atoms with Crippen molar-refractivity contribution < 1.29 is 14.3 Å². The first kappa shape index (κ1) is 19.3. The van der Waals surface area contributed by atoms with Crippen LogP contribution < -0.4 is 9.47 Å². The fraction of sp³-hybridized carbons (Fsp3) is 0.0800. The topological polar surface area (TPSA) is 61.3 Å². The Labute approximate surface area is 175 Å². The van der Waals surface area contributed by atoms with Crippen molar-refractivity contribution in [3.8, 4) is 22.9 Å². The molecule has 2 aromatic heterocycles. The molecule has 2 aromatic carbocycles. The lowest BCUT2D eigenvalue weighted by Gasteiger charge is -2.13. The molecule has 148 valence electrons. The van der Waals surface area contributed by atoms with Gasteiger partial charge in [-0.15, -0.1) is 0 Å². The maximum Gasteiger partial charge on any atom is 0.225 e. The molecule has 30 heavy (non-hydrogen) atoms. The number of ether oxygens (including phenoxy) is 2. The van der Waals surface area contributed by atoms with Crippen LogP contribution in [-0.2, 0) is 13.2 Å². The molecule has 0 aliphatic carbocycles. The standard InChI is InChI=1S/C25H20N2O3/c28-16-21-13-22(15-26-14-21)23-11-12-24(29-17-19-7-3-1-4-8-19)27-25(23)30-18-20-9-5-2-6-10-20/h1-16H,17-18H2. The lowest BCUT2D eigenvalue weighted by atomic mass is 10.1. The van der Waals surface area contributed by atoms with Crippen molar-refractivity contribution in [2.75, 3.05) is 0 Å². The molecular formula is C25H20N2O3. The van der Waals surface area contributed by atoms with Crippen LogP contribution in [0, 0.1) is 0 Å². The number of nitrogens with zero attached hydrogens (tertiary/aromatic N) is 2. The highest BCUT2D eigenvalue weighted by molar-refractivity contribution is 5.79. The summed E-state index contributed by atoms with van der Waals surface area (Å²) in [6.45, 7) is 0.775. The van der Waals surface area contributed by atoms with E-state index in [1.54, 1.807) is 18.3 Å². The SMILES string of the molecule is O=Cc1cncc(-c2ccc(OCc3ccccc3)nc2OCc2ccccc2)c1. The average Bonchev–Trinajstić information content (AvgIpc) is 2.83. The zero-order valence-electron chi connectivity index (χ0n) is 16.3. The molecule has 0 amide bonds. The van der Waals surface area contributed by atoms with Crippen molar-refractivity contribution in [3.63, 3.8) is 0 Å². The summed E-state index contributed by atoms with van der Waals surface area (Å²) in [6.07, 6.45) is 3.97. The van der Waals surface area contributed by atoms with E-state index in [4.69, 9.17) is 9.47 Å². The monoisotopic (exact) mass is 396 g/mol. The quantitative estimate of drug-likeness (QED) is 0.387. The smallest absolute Gasteiger partial charge is 0.225 e. The van der Waals surface area contributed by atoms with Gasteiger partial charge in [0.2, 0.25) is 11.8 Å². The van der Waals surface area contributed by atoms with Gasteiger partial charge in [0.15, 0.2) is 6.29 Å². The van der Waals surface area contributed by atoms with E-state index < -0.39 is 0 Å². The first-order valence-electron chi connectivity index (χ1n) is 9.57. The van der Waals surface area contributed by atoms with E-state index in [1.807, 2.05) is 66.7 Å². The lowest BCUT2D eigenvalue weighted by Crippen LogP contribution is -2.02. The summed E-state index contributed by atoms with van der Waals surface area (Å²) < 4.78 is 11.9. The number of carbonyl (C=O) groups is 1. The van der Waals surface area contributed by atoms with Gasteiger partial charge in [-0.2, -0.15) is 4.98 Å². The number of carbonyl (C=O) groups excluding carboxylic acids is 1. The highest BCUT2D eigenvalue weighted by atomic mass is 16.5. The third-order valence-electron chi connectivity index (χ3n) is 4.49. The summed E-state index contributed by atoms with van der Waals surface area (Å²) >= 11 is 0. The van der Waals surface area contributed by atoms with Gasteiger partial charge in [0.1, 0.15) is 13.2 Å². The van der Waals surface area contributed by atoms with Crippen LogP contribution in [0.4, 0.5) is 0 Å². The third kappa shape index (κ3) is 4.89. The predicted molar refractivity (Wildman–Crippen MR) is 114 cm³/mol. The van der Waals surface area contributed by atoms with Crippen molar-refractivity contribution in [2.24, 2.45) is 0 Å². The molecule has 0 aliphatic heterocycles. The Morgan fingerprint density at radius 3 is 2.10 bits per heavy atom. The molecule has 5 nitrogen and oxygen atoms in total. The Morgan fingerprint density at radius 2 is 1.43 bits per heavy atom. The second-order valence-corrected chi connectivity index (χ2v) is 6.68. The summed E-state index contributed by atoms with van der Waals surface area (Å²) in [5.41, 5.74) is 4.07. The molecule has 0 saturated carbocycles. The van der Waals surface area contributed by atoms with Gasteiger partial charge < -0.3 is 9.47 Å². The Balaban J connectivity index is 1.61. The van der Waals surface area contributed by atoms with Gasteiger partial charge in [-0.3, -0.25) is 9.78 Å². The van der Waals surface area contributed by atoms with Gasteiger partial charge >= 0.3 is 0 Å². The second-order valence-electron chi connectivity index (χ2n) is 6.68. The van der Waals surface area contributed by atoms with Gasteiger partial charge in [-0.05, 0) is 23.3 Å². The molecule has 0 atom stereocenters. The number of aromatic nitrogens is 2. The predicted octanol–water partition coefficient (Wildman–Crippen LogP) is 5.11.